The van der Waals surface area contributed by atoms with Crippen LogP contribution in [0.5, 0.6) is 0 Å². The average Bonchev–Trinajstić information content (AvgIpc) is 3.06. The first-order valence-corrected chi connectivity index (χ1v) is 8.22. The van der Waals surface area contributed by atoms with E-state index in [9.17, 15) is 8.42 Å². The highest BCUT2D eigenvalue weighted by Gasteiger charge is 2.42. The summed E-state index contributed by atoms with van der Waals surface area (Å²) in [5.74, 6) is 0. The third-order valence-corrected chi connectivity index (χ3v) is 5.14. The van der Waals surface area contributed by atoms with E-state index < -0.39 is 10.0 Å². The standard InChI is InChI=1S/C14H22N2O2S/c1-3-4-14(5-6-14)10-16-19(17,18)13-8-11(2)7-12(15)9-13/h7-9,16H,3-6,10,15H2,1-2H3. The fraction of sp³-hybridized carbons (Fsp3) is 0.571. The van der Waals surface area contributed by atoms with E-state index in [0.29, 0.717) is 12.2 Å². The van der Waals surface area contributed by atoms with Gasteiger partial charge < -0.3 is 5.73 Å². The molecule has 1 aromatic carbocycles. The molecule has 0 saturated heterocycles. The molecule has 4 nitrogen and oxygen atoms in total. The van der Waals surface area contributed by atoms with Crippen LogP contribution in [0.25, 0.3) is 0 Å². The molecule has 3 N–H and O–H groups in total. The molecule has 1 aliphatic rings. The van der Waals surface area contributed by atoms with Gasteiger partial charge in [-0.25, -0.2) is 13.1 Å². The average molecular weight is 282 g/mol. The third-order valence-electron chi connectivity index (χ3n) is 3.76. The van der Waals surface area contributed by atoms with Gasteiger partial charge in [0, 0.05) is 12.2 Å². The van der Waals surface area contributed by atoms with Gasteiger partial charge in [-0.2, -0.15) is 0 Å². The lowest BCUT2D eigenvalue weighted by molar-refractivity contribution is 0.449. The van der Waals surface area contributed by atoms with Gasteiger partial charge in [0.2, 0.25) is 10.0 Å². The first-order valence-electron chi connectivity index (χ1n) is 6.74. The lowest BCUT2D eigenvalue weighted by Crippen LogP contribution is -2.30. The van der Waals surface area contributed by atoms with Crippen molar-refractivity contribution in [3.63, 3.8) is 0 Å². The summed E-state index contributed by atoms with van der Waals surface area (Å²) in [5, 5.41) is 0. The predicted octanol–water partition coefficient (Wildman–Crippen LogP) is 2.44. The fourth-order valence-corrected chi connectivity index (χ4v) is 3.78. The summed E-state index contributed by atoms with van der Waals surface area (Å²) in [7, 11) is -3.45. The summed E-state index contributed by atoms with van der Waals surface area (Å²) >= 11 is 0. The summed E-state index contributed by atoms with van der Waals surface area (Å²) in [6.07, 6.45) is 4.43. The highest BCUT2D eigenvalue weighted by molar-refractivity contribution is 7.89. The Morgan fingerprint density at radius 3 is 2.53 bits per heavy atom. The van der Waals surface area contributed by atoms with Crippen molar-refractivity contribution in [1.82, 2.24) is 4.72 Å². The van der Waals surface area contributed by atoms with Crippen LogP contribution in [-0.4, -0.2) is 15.0 Å². The molecule has 106 valence electrons. The number of sulfonamides is 1. The lowest BCUT2D eigenvalue weighted by Gasteiger charge is -2.15. The second-order valence-electron chi connectivity index (χ2n) is 5.65. The third kappa shape index (κ3) is 3.48. The Morgan fingerprint density at radius 1 is 1.32 bits per heavy atom. The van der Waals surface area contributed by atoms with Crippen molar-refractivity contribution in [3.8, 4) is 0 Å². The Hall–Kier alpha value is -1.07. The quantitative estimate of drug-likeness (QED) is 0.787. The molecule has 5 heteroatoms. The van der Waals surface area contributed by atoms with Gasteiger partial charge in [0.05, 0.1) is 4.90 Å². The van der Waals surface area contributed by atoms with Crippen molar-refractivity contribution in [2.24, 2.45) is 5.41 Å². The molecule has 1 aliphatic carbocycles. The van der Waals surface area contributed by atoms with E-state index in [0.717, 1.165) is 31.2 Å². The summed E-state index contributed by atoms with van der Waals surface area (Å²) in [4.78, 5) is 0.261. The summed E-state index contributed by atoms with van der Waals surface area (Å²) in [6, 6.07) is 4.92. The molecule has 0 radical (unpaired) electrons. The van der Waals surface area contributed by atoms with Gasteiger partial charge in [-0.1, -0.05) is 13.3 Å². The molecule has 0 aliphatic heterocycles. The van der Waals surface area contributed by atoms with Crippen molar-refractivity contribution in [2.75, 3.05) is 12.3 Å². The van der Waals surface area contributed by atoms with Gasteiger partial charge in [-0.15, -0.1) is 0 Å². The largest absolute Gasteiger partial charge is 0.399 e. The Balaban J connectivity index is 2.10. The highest BCUT2D eigenvalue weighted by Crippen LogP contribution is 2.49. The molecule has 1 saturated carbocycles. The van der Waals surface area contributed by atoms with Crippen LogP contribution in [0.4, 0.5) is 5.69 Å². The highest BCUT2D eigenvalue weighted by atomic mass is 32.2. The first kappa shape index (κ1) is 14.3. The zero-order chi connectivity index (χ0) is 14.1. The van der Waals surface area contributed by atoms with E-state index >= 15 is 0 Å². The Morgan fingerprint density at radius 2 is 2.00 bits per heavy atom. The maximum atomic E-state index is 12.2. The molecular formula is C14H22N2O2S. The maximum absolute atomic E-state index is 12.2. The van der Waals surface area contributed by atoms with Crippen LogP contribution >= 0.6 is 0 Å². The van der Waals surface area contributed by atoms with Gasteiger partial charge in [-0.3, -0.25) is 0 Å². The molecule has 0 atom stereocenters. The van der Waals surface area contributed by atoms with E-state index in [2.05, 4.69) is 11.6 Å². The van der Waals surface area contributed by atoms with Gasteiger partial charge in [0.25, 0.3) is 0 Å². The van der Waals surface area contributed by atoms with Crippen LogP contribution in [0, 0.1) is 12.3 Å². The van der Waals surface area contributed by atoms with E-state index in [-0.39, 0.29) is 10.3 Å². The van der Waals surface area contributed by atoms with E-state index in [1.807, 2.05) is 6.92 Å². The predicted molar refractivity (Wildman–Crippen MR) is 77.4 cm³/mol. The number of nitrogen functional groups attached to an aromatic ring is 1. The molecule has 19 heavy (non-hydrogen) atoms. The van der Waals surface area contributed by atoms with Gasteiger partial charge in [0.15, 0.2) is 0 Å². The molecule has 0 spiro atoms. The minimum absolute atomic E-state index is 0.206. The number of benzene rings is 1. The summed E-state index contributed by atoms with van der Waals surface area (Å²) in [5.41, 5.74) is 7.25. The second-order valence-corrected chi connectivity index (χ2v) is 7.42. The Bertz CT molecular complexity index is 543. The number of hydrogen-bond acceptors (Lipinski definition) is 3. The topological polar surface area (TPSA) is 72.2 Å². The van der Waals surface area contributed by atoms with Gasteiger partial charge >= 0.3 is 0 Å². The molecule has 0 bridgehead atoms. The number of nitrogens with one attached hydrogen (secondary N) is 1. The smallest absolute Gasteiger partial charge is 0.240 e. The molecular weight excluding hydrogens is 260 g/mol. The Labute approximate surface area is 115 Å². The van der Waals surface area contributed by atoms with Crippen molar-refractivity contribution >= 4 is 15.7 Å². The van der Waals surface area contributed by atoms with E-state index in [1.165, 1.54) is 6.07 Å². The van der Waals surface area contributed by atoms with Crippen LogP contribution in [0.3, 0.4) is 0 Å². The zero-order valence-electron chi connectivity index (χ0n) is 11.6. The monoisotopic (exact) mass is 282 g/mol. The fourth-order valence-electron chi connectivity index (χ4n) is 2.49. The summed E-state index contributed by atoms with van der Waals surface area (Å²) in [6.45, 7) is 4.52. The zero-order valence-corrected chi connectivity index (χ0v) is 12.4. The maximum Gasteiger partial charge on any atom is 0.240 e. The van der Waals surface area contributed by atoms with Crippen molar-refractivity contribution < 1.29 is 8.42 Å². The van der Waals surface area contributed by atoms with Gasteiger partial charge in [-0.05, 0) is 55.4 Å². The SMILES string of the molecule is CCCC1(CNS(=O)(=O)c2cc(C)cc(N)c2)CC1. The van der Waals surface area contributed by atoms with Crippen LogP contribution in [0.2, 0.25) is 0 Å². The number of nitrogens with two attached hydrogens (primary N) is 1. The molecule has 0 heterocycles. The second kappa shape index (κ2) is 5.13. The number of aryl methyl sites for hydroxylation is 1. The normalized spacial score (nSPS) is 17.4. The Kier molecular flexibility index (Phi) is 3.87. The first-order chi connectivity index (χ1) is 8.87. The molecule has 1 aromatic rings. The number of rotatable bonds is 6. The lowest BCUT2D eigenvalue weighted by atomic mass is 10.0. The van der Waals surface area contributed by atoms with E-state index in [1.54, 1.807) is 12.1 Å². The number of anilines is 1. The molecule has 1 fully saturated rings. The number of hydrogen-bond donors (Lipinski definition) is 2. The van der Waals surface area contributed by atoms with Crippen LogP contribution in [0.15, 0.2) is 23.1 Å². The molecule has 0 amide bonds. The van der Waals surface area contributed by atoms with Crippen molar-refractivity contribution in [3.05, 3.63) is 23.8 Å². The minimum atomic E-state index is -3.45. The van der Waals surface area contributed by atoms with Crippen LogP contribution < -0.4 is 10.5 Å². The molecule has 0 aromatic heterocycles. The van der Waals surface area contributed by atoms with Gasteiger partial charge in [0.1, 0.15) is 0 Å². The van der Waals surface area contributed by atoms with Crippen molar-refractivity contribution in [1.29, 1.82) is 0 Å². The summed E-state index contributed by atoms with van der Waals surface area (Å²) < 4.78 is 27.2. The van der Waals surface area contributed by atoms with Crippen LogP contribution in [0.1, 0.15) is 38.2 Å². The van der Waals surface area contributed by atoms with Crippen molar-refractivity contribution in [2.45, 2.75) is 44.4 Å². The molecule has 2 rings (SSSR count). The van der Waals surface area contributed by atoms with E-state index in [4.69, 9.17) is 5.73 Å². The van der Waals surface area contributed by atoms with Crippen LogP contribution in [-0.2, 0) is 10.0 Å². The molecule has 0 unspecified atom stereocenters. The minimum Gasteiger partial charge on any atom is -0.399 e.